The molecule has 0 saturated heterocycles. The first-order valence-electron chi connectivity index (χ1n) is 10.5. The van der Waals surface area contributed by atoms with Crippen LogP contribution in [-0.4, -0.2) is 29.6 Å². The van der Waals surface area contributed by atoms with Gasteiger partial charge in [0.2, 0.25) is 5.91 Å². The molecular formula is C22H27NO5S. The third-order valence-electron chi connectivity index (χ3n) is 6.43. The summed E-state index contributed by atoms with van der Waals surface area (Å²) in [6, 6.07) is 0. The molecule has 0 aromatic carbocycles. The van der Waals surface area contributed by atoms with E-state index < -0.39 is 23.8 Å². The molecule has 2 N–H and O–H groups in total. The van der Waals surface area contributed by atoms with E-state index in [4.69, 9.17) is 4.74 Å². The summed E-state index contributed by atoms with van der Waals surface area (Å²) in [6.45, 7) is 2.04. The summed E-state index contributed by atoms with van der Waals surface area (Å²) in [5.41, 5.74) is 1.48. The van der Waals surface area contributed by atoms with Gasteiger partial charge in [0.1, 0.15) is 5.00 Å². The third-order valence-corrected chi connectivity index (χ3v) is 7.64. The SMILES string of the molecule is CCOC(=O)c1c(NC(=O)[C@@H]2[C@@H](C(=O)O)[C@H]3C=C[C@H]2C3)sc2c1CCCCCC2. The summed E-state index contributed by atoms with van der Waals surface area (Å²) in [5, 5.41) is 13.1. The summed E-state index contributed by atoms with van der Waals surface area (Å²) >= 11 is 1.46. The van der Waals surface area contributed by atoms with E-state index in [0.717, 1.165) is 42.5 Å². The van der Waals surface area contributed by atoms with Gasteiger partial charge in [-0.2, -0.15) is 0 Å². The molecule has 0 radical (unpaired) electrons. The number of carbonyl (C=O) groups is 3. The number of amides is 1. The van der Waals surface area contributed by atoms with Crippen molar-refractivity contribution in [2.24, 2.45) is 23.7 Å². The number of aryl methyl sites for hydroxylation is 1. The molecule has 1 aromatic heterocycles. The molecule has 29 heavy (non-hydrogen) atoms. The second-order valence-electron chi connectivity index (χ2n) is 8.17. The Kier molecular flexibility index (Phi) is 5.76. The number of allylic oxidation sites excluding steroid dienone is 2. The first-order valence-corrected chi connectivity index (χ1v) is 11.4. The van der Waals surface area contributed by atoms with Crippen molar-refractivity contribution in [3.05, 3.63) is 28.2 Å². The molecule has 7 heteroatoms. The average Bonchev–Trinajstić information content (AvgIpc) is 3.35. The van der Waals surface area contributed by atoms with Gasteiger partial charge in [-0.3, -0.25) is 9.59 Å². The second-order valence-corrected chi connectivity index (χ2v) is 9.28. The van der Waals surface area contributed by atoms with E-state index in [2.05, 4.69) is 5.32 Å². The van der Waals surface area contributed by atoms with E-state index in [1.807, 2.05) is 12.2 Å². The first-order chi connectivity index (χ1) is 14.0. The molecule has 0 aliphatic heterocycles. The Labute approximate surface area is 174 Å². The Balaban J connectivity index is 1.64. The van der Waals surface area contributed by atoms with Gasteiger partial charge in [0.05, 0.1) is 24.0 Å². The molecule has 0 spiro atoms. The lowest BCUT2D eigenvalue weighted by Crippen LogP contribution is -2.36. The van der Waals surface area contributed by atoms with Crippen molar-refractivity contribution in [3.63, 3.8) is 0 Å². The normalized spacial score (nSPS) is 27.8. The molecule has 1 aromatic rings. The number of hydrogen-bond donors (Lipinski definition) is 2. The van der Waals surface area contributed by atoms with Crippen LogP contribution in [0.5, 0.6) is 0 Å². The van der Waals surface area contributed by atoms with Crippen LogP contribution in [0.25, 0.3) is 0 Å². The smallest absolute Gasteiger partial charge is 0.341 e. The van der Waals surface area contributed by atoms with E-state index in [0.29, 0.717) is 17.0 Å². The summed E-state index contributed by atoms with van der Waals surface area (Å²) < 4.78 is 5.29. The second kappa shape index (κ2) is 8.30. The number of carboxylic acids is 1. The van der Waals surface area contributed by atoms with Crippen molar-refractivity contribution in [1.82, 2.24) is 0 Å². The molecule has 4 rings (SSSR count). The van der Waals surface area contributed by atoms with Crippen LogP contribution in [0.4, 0.5) is 5.00 Å². The van der Waals surface area contributed by atoms with Crippen LogP contribution >= 0.6 is 11.3 Å². The van der Waals surface area contributed by atoms with Gasteiger partial charge in [-0.05, 0) is 56.4 Å². The zero-order valence-electron chi connectivity index (χ0n) is 16.6. The molecule has 6 nitrogen and oxygen atoms in total. The Bertz CT molecular complexity index is 858. The number of carbonyl (C=O) groups excluding carboxylic acids is 2. The maximum absolute atomic E-state index is 13.1. The minimum absolute atomic E-state index is 0.0480. The zero-order valence-corrected chi connectivity index (χ0v) is 17.4. The summed E-state index contributed by atoms with van der Waals surface area (Å²) in [4.78, 5) is 38.8. The van der Waals surface area contributed by atoms with E-state index in [9.17, 15) is 19.5 Å². The Morgan fingerprint density at radius 1 is 1.10 bits per heavy atom. The van der Waals surface area contributed by atoms with Crippen molar-refractivity contribution in [2.75, 3.05) is 11.9 Å². The van der Waals surface area contributed by atoms with Crippen LogP contribution < -0.4 is 5.32 Å². The van der Waals surface area contributed by atoms with Gasteiger partial charge in [-0.15, -0.1) is 11.3 Å². The van der Waals surface area contributed by atoms with Gasteiger partial charge in [-0.25, -0.2) is 4.79 Å². The lowest BCUT2D eigenvalue weighted by atomic mass is 9.82. The number of fused-ring (bicyclic) bond motifs is 3. The highest BCUT2D eigenvalue weighted by Crippen LogP contribution is 2.49. The quantitative estimate of drug-likeness (QED) is 0.557. The maximum Gasteiger partial charge on any atom is 0.341 e. The lowest BCUT2D eigenvalue weighted by molar-refractivity contribution is -0.146. The van der Waals surface area contributed by atoms with Crippen LogP contribution in [0, 0.1) is 23.7 Å². The number of hydrogen-bond acceptors (Lipinski definition) is 5. The molecule has 156 valence electrons. The number of nitrogens with one attached hydrogen (secondary N) is 1. The predicted molar refractivity (Wildman–Crippen MR) is 110 cm³/mol. The minimum atomic E-state index is -0.925. The third kappa shape index (κ3) is 3.72. The van der Waals surface area contributed by atoms with E-state index >= 15 is 0 Å². The van der Waals surface area contributed by atoms with E-state index in [1.165, 1.54) is 17.8 Å². The standard InChI is InChI=1S/C22H27NO5S/c1-2-28-22(27)18-14-7-5-3-4-6-8-15(14)29-20(18)23-19(24)16-12-9-10-13(11-12)17(16)21(25)26/h9-10,12-13,16-17H,2-8,11H2,1H3,(H,23,24)(H,25,26)/t12-,13-,16-,17-/m0/s1. The van der Waals surface area contributed by atoms with Crippen LogP contribution in [0.3, 0.4) is 0 Å². The zero-order chi connectivity index (χ0) is 20.5. The highest BCUT2D eigenvalue weighted by atomic mass is 32.1. The molecule has 1 heterocycles. The summed E-state index contributed by atoms with van der Waals surface area (Å²) in [5.74, 6) is -3.04. The highest BCUT2D eigenvalue weighted by Gasteiger charge is 2.51. The molecule has 2 bridgehead atoms. The number of carboxylic acid groups (broad SMARTS) is 1. The minimum Gasteiger partial charge on any atom is -0.481 e. The summed E-state index contributed by atoms with van der Waals surface area (Å²) in [6.07, 6.45) is 10.7. The molecular weight excluding hydrogens is 390 g/mol. The van der Waals surface area contributed by atoms with Gasteiger partial charge in [0.25, 0.3) is 0 Å². The molecule has 1 fully saturated rings. The molecule has 3 aliphatic carbocycles. The highest BCUT2D eigenvalue weighted by molar-refractivity contribution is 7.17. The van der Waals surface area contributed by atoms with E-state index in [-0.39, 0.29) is 24.3 Å². The number of ether oxygens (including phenoxy) is 1. The molecule has 3 aliphatic rings. The van der Waals surface area contributed by atoms with Gasteiger partial charge in [-0.1, -0.05) is 25.0 Å². The number of thiophene rings is 1. The van der Waals surface area contributed by atoms with Crippen LogP contribution in [0.15, 0.2) is 12.2 Å². The van der Waals surface area contributed by atoms with Crippen LogP contribution in [-0.2, 0) is 27.2 Å². The van der Waals surface area contributed by atoms with Crippen molar-refractivity contribution >= 4 is 34.2 Å². The van der Waals surface area contributed by atoms with Crippen molar-refractivity contribution in [1.29, 1.82) is 0 Å². The molecule has 1 saturated carbocycles. The Morgan fingerprint density at radius 3 is 2.48 bits per heavy atom. The topological polar surface area (TPSA) is 92.7 Å². The number of rotatable bonds is 5. The van der Waals surface area contributed by atoms with Crippen LogP contribution in [0.2, 0.25) is 0 Å². The van der Waals surface area contributed by atoms with Crippen molar-refractivity contribution < 1.29 is 24.2 Å². The fourth-order valence-corrected chi connectivity index (χ4v) is 6.42. The predicted octanol–water partition coefficient (Wildman–Crippen LogP) is 4.05. The number of aliphatic carboxylic acids is 1. The van der Waals surface area contributed by atoms with Gasteiger partial charge >= 0.3 is 11.9 Å². The monoisotopic (exact) mass is 417 g/mol. The fraction of sp³-hybridized carbons (Fsp3) is 0.591. The fourth-order valence-electron chi connectivity index (χ4n) is 5.14. The lowest BCUT2D eigenvalue weighted by Gasteiger charge is -2.23. The average molecular weight is 418 g/mol. The molecule has 4 atom stereocenters. The Morgan fingerprint density at radius 2 is 1.79 bits per heavy atom. The maximum atomic E-state index is 13.1. The number of anilines is 1. The largest absolute Gasteiger partial charge is 0.481 e. The van der Waals surface area contributed by atoms with E-state index in [1.54, 1.807) is 6.92 Å². The van der Waals surface area contributed by atoms with Crippen LogP contribution in [0.1, 0.15) is 59.8 Å². The van der Waals surface area contributed by atoms with Crippen molar-refractivity contribution in [2.45, 2.75) is 51.9 Å². The molecule has 1 amide bonds. The van der Waals surface area contributed by atoms with Crippen molar-refractivity contribution in [3.8, 4) is 0 Å². The Hall–Kier alpha value is -2.15. The van der Waals surface area contributed by atoms with Gasteiger partial charge < -0.3 is 15.2 Å². The first kappa shape index (κ1) is 20.1. The summed E-state index contributed by atoms with van der Waals surface area (Å²) in [7, 11) is 0. The van der Waals surface area contributed by atoms with Gasteiger partial charge in [0.15, 0.2) is 0 Å². The van der Waals surface area contributed by atoms with Gasteiger partial charge in [0, 0.05) is 4.88 Å². The number of esters is 1. The molecule has 0 unspecified atom stereocenters.